The second-order valence-corrected chi connectivity index (χ2v) is 4.85. The van der Waals surface area contributed by atoms with Crippen molar-refractivity contribution < 1.29 is 9.53 Å². The number of ether oxygens (including phenoxy) is 1. The second-order valence-electron chi connectivity index (χ2n) is 4.85. The van der Waals surface area contributed by atoms with Crippen LogP contribution in [-0.2, 0) is 9.53 Å². The van der Waals surface area contributed by atoms with Gasteiger partial charge in [0.2, 0.25) is 0 Å². The molecule has 0 radical (unpaired) electrons. The quantitative estimate of drug-likeness (QED) is 0.276. The van der Waals surface area contributed by atoms with Crippen molar-refractivity contribution in [3.05, 3.63) is 24.3 Å². The summed E-state index contributed by atoms with van der Waals surface area (Å²) < 4.78 is 4.60. The van der Waals surface area contributed by atoms with Crippen LogP contribution in [0.5, 0.6) is 0 Å². The van der Waals surface area contributed by atoms with Gasteiger partial charge in [-0.05, 0) is 32.1 Å². The predicted molar refractivity (Wildman–Crippen MR) is 82.1 cm³/mol. The predicted octanol–water partition coefficient (Wildman–Crippen LogP) is 5.19. The number of hydrogen-bond donors (Lipinski definition) is 0. The average molecular weight is 266 g/mol. The molecule has 0 aliphatic rings. The lowest BCUT2D eigenvalue weighted by Crippen LogP contribution is -1.98. The Morgan fingerprint density at radius 3 is 2.21 bits per heavy atom. The third-order valence-corrected chi connectivity index (χ3v) is 3.04. The molecule has 0 rings (SSSR count). The minimum atomic E-state index is -0.0842. The molecule has 0 aromatic carbocycles. The van der Waals surface area contributed by atoms with Crippen molar-refractivity contribution in [2.24, 2.45) is 0 Å². The Morgan fingerprint density at radius 1 is 0.895 bits per heavy atom. The van der Waals surface area contributed by atoms with Crippen molar-refractivity contribution in [2.45, 2.75) is 71.1 Å². The molecule has 0 aromatic heterocycles. The molecular formula is C17H30O2. The van der Waals surface area contributed by atoms with Gasteiger partial charge in [-0.2, -0.15) is 0 Å². The maximum atomic E-state index is 10.9. The molecule has 0 fully saturated rings. The summed E-state index contributed by atoms with van der Waals surface area (Å²) in [6.45, 7) is 2.20. The zero-order chi connectivity index (χ0) is 14.2. The molecular weight excluding hydrogens is 236 g/mol. The SMILES string of the molecule is CCC/C=C\C/C=C\CCCCCCCC(=O)OC. The smallest absolute Gasteiger partial charge is 0.305 e. The second kappa shape index (κ2) is 15.0. The number of esters is 1. The molecule has 0 atom stereocenters. The first kappa shape index (κ1) is 17.9. The third-order valence-electron chi connectivity index (χ3n) is 3.04. The number of unbranched alkanes of at least 4 members (excludes halogenated alkanes) is 6. The fraction of sp³-hybridized carbons (Fsp3) is 0.706. The molecule has 0 amide bonds. The zero-order valence-electron chi connectivity index (χ0n) is 12.7. The maximum Gasteiger partial charge on any atom is 0.305 e. The Kier molecular flexibility index (Phi) is 14.2. The van der Waals surface area contributed by atoms with Gasteiger partial charge in [0, 0.05) is 6.42 Å². The Hall–Kier alpha value is -1.05. The molecule has 0 saturated carbocycles. The minimum absolute atomic E-state index is 0.0842. The first-order chi connectivity index (χ1) is 9.31. The highest BCUT2D eigenvalue weighted by Gasteiger charge is 1.98. The summed E-state index contributed by atoms with van der Waals surface area (Å²) in [5.74, 6) is -0.0842. The number of carbonyl (C=O) groups is 1. The number of rotatable bonds is 12. The van der Waals surface area contributed by atoms with Gasteiger partial charge in [0.25, 0.3) is 0 Å². The van der Waals surface area contributed by atoms with E-state index in [0.717, 1.165) is 19.3 Å². The largest absolute Gasteiger partial charge is 0.469 e. The van der Waals surface area contributed by atoms with Crippen LogP contribution in [0.1, 0.15) is 71.1 Å². The average Bonchev–Trinajstić information content (AvgIpc) is 2.43. The first-order valence-electron chi connectivity index (χ1n) is 7.68. The molecule has 0 N–H and O–H groups in total. The fourth-order valence-corrected chi connectivity index (χ4v) is 1.84. The van der Waals surface area contributed by atoms with Crippen molar-refractivity contribution in [1.82, 2.24) is 0 Å². The van der Waals surface area contributed by atoms with Crippen LogP contribution < -0.4 is 0 Å². The Balaban J connectivity index is 3.18. The number of hydrogen-bond acceptors (Lipinski definition) is 2. The fourth-order valence-electron chi connectivity index (χ4n) is 1.84. The molecule has 0 bridgehead atoms. The molecule has 0 aliphatic heterocycles. The van der Waals surface area contributed by atoms with Crippen molar-refractivity contribution >= 4 is 5.97 Å². The van der Waals surface area contributed by atoms with E-state index in [4.69, 9.17) is 0 Å². The van der Waals surface area contributed by atoms with Crippen molar-refractivity contribution in [3.8, 4) is 0 Å². The highest BCUT2D eigenvalue weighted by atomic mass is 16.5. The van der Waals surface area contributed by atoms with Crippen LogP contribution >= 0.6 is 0 Å². The van der Waals surface area contributed by atoms with E-state index < -0.39 is 0 Å². The van der Waals surface area contributed by atoms with Crippen LogP contribution in [0.2, 0.25) is 0 Å². The standard InChI is InChI=1S/C17H30O2/c1-3-4-5-6-7-8-9-10-11-12-13-14-15-16-17(18)19-2/h5-6,8-9H,3-4,7,10-16H2,1-2H3/b6-5-,9-8-. The molecule has 0 aromatic rings. The molecule has 2 heteroatoms. The summed E-state index contributed by atoms with van der Waals surface area (Å²) in [7, 11) is 1.45. The van der Waals surface area contributed by atoms with E-state index in [0.29, 0.717) is 6.42 Å². The van der Waals surface area contributed by atoms with Gasteiger partial charge >= 0.3 is 5.97 Å². The lowest BCUT2D eigenvalue weighted by Gasteiger charge is -1.99. The van der Waals surface area contributed by atoms with Gasteiger partial charge in [-0.1, -0.05) is 56.9 Å². The molecule has 0 unspecified atom stereocenters. The number of methoxy groups -OCH3 is 1. The molecule has 0 heterocycles. The number of carbonyl (C=O) groups excluding carboxylic acids is 1. The van der Waals surface area contributed by atoms with Gasteiger partial charge in [0.05, 0.1) is 7.11 Å². The van der Waals surface area contributed by atoms with Crippen molar-refractivity contribution in [2.75, 3.05) is 7.11 Å². The topological polar surface area (TPSA) is 26.3 Å². The van der Waals surface area contributed by atoms with E-state index in [1.165, 1.54) is 45.6 Å². The number of allylic oxidation sites excluding steroid dienone is 4. The van der Waals surface area contributed by atoms with E-state index in [1.807, 2.05) is 0 Å². The molecule has 0 saturated heterocycles. The summed E-state index contributed by atoms with van der Waals surface area (Å²) in [6.07, 6.45) is 20.1. The molecule has 2 nitrogen and oxygen atoms in total. The van der Waals surface area contributed by atoms with Gasteiger partial charge in [-0.15, -0.1) is 0 Å². The Morgan fingerprint density at radius 2 is 1.53 bits per heavy atom. The van der Waals surface area contributed by atoms with E-state index in [2.05, 4.69) is 36.0 Å². The van der Waals surface area contributed by atoms with Crippen LogP contribution in [0, 0.1) is 0 Å². The van der Waals surface area contributed by atoms with Crippen LogP contribution in [0.3, 0.4) is 0 Å². The summed E-state index contributed by atoms with van der Waals surface area (Å²) >= 11 is 0. The van der Waals surface area contributed by atoms with Gasteiger partial charge in [-0.3, -0.25) is 4.79 Å². The highest BCUT2D eigenvalue weighted by molar-refractivity contribution is 5.68. The normalized spacial score (nSPS) is 11.5. The van der Waals surface area contributed by atoms with Crippen LogP contribution in [0.25, 0.3) is 0 Å². The summed E-state index contributed by atoms with van der Waals surface area (Å²) in [5.41, 5.74) is 0. The third kappa shape index (κ3) is 14.9. The molecule has 0 spiro atoms. The van der Waals surface area contributed by atoms with Crippen molar-refractivity contribution in [1.29, 1.82) is 0 Å². The monoisotopic (exact) mass is 266 g/mol. The van der Waals surface area contributed by atoms with E-state index >= 15 is 0 Å². The summed E-state index contributed by atoms with van der Waals surface area (Å²) in [6, 6.07) is 0. The zero-order valence-corrected chi connectivity index (χ0v) is 12.7. The lowest BCUT2D eigenvalue weighted by molar-refractivity contribution is -0.140. The van der Waals surface area contributed by atoms with Gasteiger partial charge in [-0.25, -0.2) is 0 Å². The van der Waals surface area contributed by atoms with Gasteiger partial charge in [0.1, 0.15) is 0 Å². The maximum absolute atomic E-state index is 10.9. The highest BCUT2D eigenvalue weighted by Crippen LogP contribution is 2.08. The molecule has 19 heavy (non-hydrogen) atoms. The van der Waals surface area contributed by atoms with Crippen LogP contribution in [-0.4, -0.2) is 13.1 Å². The minimum Gasteiger partial charge on any atom is -0.469 e. The lowest BCUT2D eigenvalue weighted by atomic mass is 10.1. The summed E-state index contributed by atoms with van der Waals surface area (Å²) in [4.78, 5) is 10.9. The van der Waals surface area contributed by atoms with Crippen LogP contribution in [0.4, 0.5) is 0 Å². The van der Waals surface area contributed by atoms with E-state index in [9.17, 15) is 4.79 Å². The molecule has 110 valence electrons. The molecule has 0 aliphatic carbocycles. The van der Waals surface area contributed by atoms with Gasteiger partial charge in [0.15, 0.2) is 0 Å². The Bertz CT molecular complexity index is 254. The van der Waals surface area contributed by atoms with Gasteiger partial charge < -0.3 is 4.74 Å². The van der Waals surface area contributed by atoms with Crippen LogP contribution in [0.15, 0.2) is 24.3 Å². The summed E-state index contributed by atoms with van der Waals surface area (Å²) in [5, 5.41) is 0. The Labute approximate surface area is 118 Å². The van der Waals surface area contributed by atoms with E-state index in [-0.39, 0.29) is 5.97 Å². The first-order valence-corrected chi connectivity index (χ1v) is 7.68. The van der Waals surface area contributed by atoms with Crippen molar-refractivity contribution in [3.63, 3.8) is 0 Å². The van der Waals surface area contributed by atoms with E-state index in [1.54, 1.807) is 0 Å².